The molecule has 1 atom stereocenters. The molecule has 0 bridgehead atoms. The molecular weight excluding hydrogens is 497 g/mol. The number of piperidine rings is 1. The minimum absolute atomic E-state index is 0.0223. The Kier molecular flexibility index (Phi) is 9.36. The SMILES string of the molecule is CCCOC(=O)c1cccc(CN2CCC(OC(c3ccccc3)c3ccc(OC(F)(F)F)cc3)CC2)n1. The molecule has 0 aliphatic carbocycles. The van der Waals surface area contributed by atoms with Crippen LogP contribution in [0.2, 0.25) is 0 Å². The van der Waals surface area contributed by atoms with Crippen LogP contribution in [0, 0.1) is 0 Å². The van der Waals surface area contributed by atoms with Gasteiger partial charge in [0.25, 0.3) is 0 Å². The molecule has 1 aliphatic heterocycles. The van der Waals surface area contributed by atoms with Gasteiger partial charge in [-0.05, 0) is 54.7 Å². The molecule has 1 unspecified atom stereocenters. The van der Waals surface area contributed by atoms with Gasteiger partial charge in [-0.1, -0.05) is 55.5 Å². The maximum absolute atomic E-state index is 12.6. The molecule has 6 nitrogen and oxygen atoms in total. The Hall–Kier alpha value is -3.43. The second-order valence-corrected chi connectivity index (χ2v) is 9.17. The van der Waals surface area contributed by atoms with E-state index in [1.54, 1.807) is 18.2 Å². The van der Waals surface area contributed by atoms with Crippen LogP contribution in [0.3, 0.4) is 0 Å². The topological polar surface area (TPSA) is 60.9 Å². The first-order chi connectivity index (χ1) is 18.3. The Morgan fingerprint density at radius 3 is 2.32 bits per heavy atom. The van der Waals surface area contributed by atoms with E-state index in [1.807, 2.05) is 49.4 Å². The highest BCUT2D eigenvalue weighted by atomic mass is 19.4. The third-order valence-corrected chi connectivity index (χ3v) is 6.22. The quantitative estimate of drug-likeness (QED) is 0.287. The van der Waals surface area contributed by atoms with Gasteiger partial charge in [-0.25, -0.2) is 9.78 Å². The molecule has 202 valence electrons. The van der Waals surface area contributed by atoms with Crippen molar-refractivity contribution in [3.8, 4) is 5.75 Å². The number of ether oxygens (including phenoxy) is 3. The summed E-state index contributed by atoms with van der Waals surface area (Å²) in [6.07, 6.45) is -2.84. The van der Waals surface area contributed by atoms with Gasteiger partial charge in [0, 0.05) is 19.6 Å². The van der Waals surface area contributed by atoms with Crippen LogP contribution in [-0.2, 0) is 16.0 Å². The van der Waals surface area contributed by atoms with E-state index in [9.17, 15) is 18.0 Å². The maximum atomic E-state index is 12.6. The van der Waals surface area contributed by atoms with Crippen molar-refractivity contribution >= 4 is 5.97 Å². The van der Waals surface area contributed by atoms with Crippen LogP contribution in [-0.4, -0.2) is 48.0 Å². The molecule has 2 heterocycles. The van der Waals surface area contributed by atoms with Crippen LogP contribution in [0.1, 0.15) is 59.6 Å². The van der Waals surface area contributed by atoms with Crippen LogP contribution in [0.4, 0.5) is 13.2 Å². The van der Waals surface area contributed by atoms with E-state index in [2.05, 4.69) is 14.6 Å². The molecule has 1 fully saturated rings. The van der Waals surface area contributed by atoms with E-state index in [-0.39, 0.29) is 11.9 Å². The highest BCUT2D eigenvalue weighted by Crippen LogP contribution is 2.32. The summed E-state index contributed by atoms with van der Waals surface area (Å²) in [6.45, 7) is 4.50. The van der Waals surface area contributed by atoms with Crippen molar-refractivity contribution in [2.75, 3.05) is 19.7 Å². The van der Waals surface area contributed by atoms with Gasteiger partial charge < -0.3 is 14.2 Å². The number of pyridine rings is 1. The van der Waals surface area contributed by atoms with Gasteiger partial charge in [-0.3, -0.25) is 4.90 Å². The van der Waals surface area contributed by atoms with Crippen LogP contribution in [0.5, 0.6) is 5.75 Å². The number of rotatable bonds is 10. The van der Waals surface area contributed by atoms with Gasteiger partial charge >= 0.3 is 12.3 Å². The molecule has 0 N–H and O–H groups in total. The largest absolute Gasteiger partial charge is 0.573 e. The first-order valence-electron chi connectivity index (χ1n) is 12.7. The lowest BCUT2D eigenvalue weighted by Crippen LogP contribution is -2.37. The number of halogens is 3. The number of likely N-dealkylation sites (tertiary alicyclic amines) is 1. The van der Waals surface area contributed by atoms with Gasteiger partial charge in [-0.2, -0.15) is 0 Å². The van der Waals surface area contributed by atoms with Gasteiger partial charge in [0.05, 0.1) is 18.4 Å². The minimum Gasteiger partial charge on any atom is -0.461 e. The highest BCUT2D eigenvalue weighted by Gasteiger charge is 2.31. The van der Waals surface area contributed by atoms with Gasteiger partial charge in [0.2, 0.25) is 0 Å². The minimum atomic E-state index is -4.74. The smallest absolute Gasteiger partial charge is 0.461 e. The average molecular weight is 529 g/mol. The van der Waals surface area contributed by atoms with Crippen molar-refractivity contribution in [3.05, 3.63) is 95.3 Å². The molecule has 1 aromatic heterocycles. The first-order valence-corrected chi connectivity index (χ1v) is 12.7. The molecule has 0 saturated carbocycles. The van der Waals surface area contributed by atoms with Crippen molar-refractivity contribution < 1.29 is 32.2 Å². The second-order valence-electron chi connectivity index (χ2n) is 9.17. The van der Waals surface area contributed by atoms with Crippen molar-refractivity contribution in [3.63, 3.8) is 0 Å². The molecular formula is C29H31F3N2O4. The predicted octanol–water partition coefficient (Wildman–Crippen LogP) is 6.32. The second kappa shape index (κ2) is 12.9. The Morgan fingerprint density at radius 2 is 1.66 bits per heavy atom. The maximum Gasteiger partial charge on any atom is 0.573 e. The molecule has 38 heavy (non-hydrogen) atoms. The molecule has 1 saturated heterocycles. The van der Waals surface area contributed by atoms with Crippen molar-refractivity contribution in [1.82, 2.24) is 9.88 Å². The molecule has 3 aromatic rings. The summed E-state index contributed by atoms with van der Waals surface area (Å²) in [7, 11) is 0. The predicted molar refractivity (Wildman–Crippen MR) is 136 cm³/mol. The Labute approximate surface area is 220 Å². The third kappa shape index (κ3) is 8.03. The monoisotopic (exact) mass is 528 g/mol. The fourth-order valence-electron chi connectivity index (χ4n) is 4.40. The van der Waals surface area contributed by atoms with Crippen molar-refractivity contribution in [2.45, 2.75) is 51.3 Å². The number of carbonyl (C=O) groups excluding carboxylic acids is 1. The fraction of sp³-hybridized carbons (Fsp3) is 0.379. The zero-order valence-corrected chi connectivity index (χ0v) is 21.2. The molecule has 1 aliphatic rings. The summed E-state index contributed by atoms with van der Waals surface area (Å²) in [6, 6.07) is 20.8. The number of alkyl halides is 3. The number of carbonyl (C=O) groups is 1. The third-order valence-electron chi connectivity index (χ3n) is 6.22. The van der Waals surface area contributed by atoms with Crippen LogP contribution in [0.15, 0.2) is 72.8 Å². The van der Waals surface area contributed by atoms with Gasteiger partial charge in [-0.15, -0.1) is 13.2 Å². The van der Waals surface area contributed by atoms with E-state index >= 15 is 0 Å². The lowest BCUT2D eigenvalue weighted by molar-refractivity contribution is -0.274. The van der Waals surface area contributed by atoms with Crippen molar-refractivity contribution in [2.24, 2.45) is 0 Å². The van der Waals surface area contributed by atoms with E-state index in [0.717, 1.165) is 49.2 Å². The number of benzene rings is 2. The average Bonchev–Trinajstić information content (AvgIpc) is 2.91. The number of nitrogens with zero attached hydrogens (tertiary/aromatic N) is 2. The fourth-order valence-corrected chi connectivity index (χ4v) is 4.40. The zero-order valence-electron chi connectivity index (χ0n) is 21.2. The molecule has 9 heteroatoms. The summed E-state index contributed by atoms with van der Waals surface area (Å²) in [5, 5.41) is 0. The lowest BCUT2D eigenvalue weighted by atomic mass is 10.00. The molecule has 0 spiro atoms. The van der Waals surface area contributed by atoms with Gasteiger partial charge in [0.1, 0.15) is 17.5 Å². The van der Waals surface area contributed by atoms with E-state index in [4.69, 9.17) is 9.47 Å². The molecule has 0 radical (unpaired) electrons. The Morgan fingerprint density at radius 1 is 0.974 bits per heavy atom. The molecule has 4 rings (SSSR count). The number of esters is 1. The molecule has 0 amide bonds. The number of hydrogen-bond acceptors (Lipinski definition) is 6. The van der Waals surface area contributed by atoms with Crippen molar-refractivity contribution in [1.29, 1.82) is 0 Å². The summed E-state index contributed by atoms with van der Waals surface area (Å²) in [4.78, 5) is 18.9. The van der Waals surface area contributed by atoms with E-state index < -0.39 is 18.4 Å². The van der Waals surface area contributed by atoms with Crippen LogP contribution < -0.4 is 4.74 Å². The standard InChI is InChI=1S/C29H31F3N2O4/c1-2-19-36-28(35)26-10-6-9-23(33-26)20-34-17-15-24(16-18-34)37-27(21-7-4-3-5-8-21)22-11-13-25(14-12-22)38-29(30,31)32/h3-14,24,27H,2,15-20H2,1H3. The van der Waals surface area contributed by atoms with Crippen LogP contribution >= 0.6 is 0 Å². The number of aromatic nitrogens is 1. The first kappa shape index (κ1) is 27.6. The van der Waals surface area contributed by atoms with Crippen LogP contribution in [0.25, 0.3) is 0 Å². The van der Waals surface area contributed by atoms with E-state index in [1.165, 1.54) is 12.1 Å². The molecule has 2 aromatic carbocycles. The summed E-state index contributed by atoms with van der Waals surface area (Å²) in [5.41, 5.74) is 2.80. The van der Waals surface area contributed by atoms with E-state index in [0.29, 0.717) is 18.8 Å². The zero-order chi connectivity index (χ0) is 27.0. The summed E-state index contributed by atoms with van der Waals surface area (Å²) >= 11 is 0. The number of hydrogen-bond donors (Lipinski definition) is 0. The highest BCUT2D eigenvalue weighted by molar-refractivity contribution is 5.87. The van der Waals surface area contributed by atoms with Gasteiger partial charge in [0.15, 0.2) is 0 Å². The summed E-state index contributed by atoms with van der Waals surface area (Å²) < 4.78 is 53.4. The normalized spacial score (nSPS) is 15.7. The summed E-state index contributed by atoms with van der Waals surface area (Å²) in [5.74, 6) is -0.677. The Balaban J connectivity index is 1.37. The lowest BCUT2D eigenvalue weighted by Gasteiger charge is -2.34. The Bertz CT molecular complexity index is 1160.